The lowest BCUT2D eigenvalue weighted by Crippen LogP contribution is -2.11. The summed E-state index contributed by atoms with van der Waals surface area (Å²) in [6, 6.07) is 97.6. The van der Waals surface area contributed by atoms with Crippen molar-refractivity contribution < 1.29 is 0 Å². The molecule has 0 atom stereocenters. The Balaban J connectivity index is 0.947. The van der Waals surface area contributed by atoms with Gasteiger partial charge < -0.3 is 9.47 Å². The molecule has 318 valence electrons. The monoisotopic (exact) mass is 864 g/mol. The highest BCUT2D eigenvalue weighted by Gasteiger charge is 2.20. The third kappa shape index (κ3) is 6.90. The molecule has 0 fully saturated rings. The van der Waals surface area contributed by atoms with Crippen LogP contribution in [0.1, 0.15) is 0 Å². The fraction of sp³-hybridized carbons (Fsp3) is 0. The van der Waals surface area contributed by atoms with Gasteiger partial charge in [0.2, 0.25) is 0 Å². The van der Waals surface area contributed by atoms with Crippen LogP contribution in [-0.4, -0.2) is 4.57 Å². The van der Waals surface area contributed by atoms with Gasteiger partial charge in [-0.25, -0.2) is 0 Å². The maximum Gasteiger partial charge on any atom is 0.0541 e. The second-order valence-corrected chi connectivity index (χ2v) is 17.7. The van der Waals surface area contributed by atoms with Gasteiger partial charge in [0.1, 0.15) is 0 Å². The molecule has 2 nitrogen and oxygen atoms in total. The molecule has 13 aromatic rings. The van der Waals surface area contributed by atoms with E-state index in [-0.39, 0.29) is 0 Å². The van der Waals surface area contributed by atoms with Gasteiger partial charge >= 0.3 is 0 Å². The molecule has 0 saturated carbocycles. The molecule has 0 amide bonds. The van der Waals surface area contributed by atoms with Crippen LogP contribution in [0.4, 0.5) is 17.1 Å². The van der Waals surface area contributed by atoms with Crippen LogP contribution in [0.3, 0.4) is 0 Å². The van der Waals surface area contributed by atoms with Crippen LogP contribution in [0.25, 0.3) is 104 Å². The Kier molecular flexibility index (Phi) is 9.54. The first-order valence-electron chi connectivity index (χ1n) is 23.4. The summed E-state index contributed by atoms with van der Waals surface area (Å²) in [7, 11) is 0. The van der Waals surface area contributed by atoms with Crippen LogP contribution >= 0.6 is 0 Å². The van der Waals surface area contributed by atoms with E-state index < -0.39 is 0 Å². The van der Waals surface area contributed by atoms with Crippen LogP contribution in [0.2, 0.25) is 0 Å². The lowest BCUT2D eigenvalue weighted by atomic mass is 9.95. The van der Waals surface area contributed by atoms with E-state index in [1.165, 1.54) is 76.4 Å². The van der Waals surface area contributed by atoms with Gasteiger partial charge in [-0.15, -0.1) is 0 Å². The molecule has 13 rings (SSSR count). The molecule has 0 radical (unpaired) electrons. The second-order valence-electron chi connectivity index (χ2n) is 17.7. The molecular weight excluding hydrogens is 821 g/mol. The van der Waals surface area contributed by atoms with Gasteiger partial charge in [0, 0.05) is 33.4 Å². The zero-order valence-electron chi connectivity index (χ0n) is 37.3. The molecule has 0 aliphatic heterocycles. The van der Waals surface area contributed by atoms with E-state index in [0.29, 0.717) is 0 Å². The van der Waals surface area contributed by atoms with E-state index in [9.17, 15) is 0 Å². The number of fused-ring (bicyclic) bond motifs is 6. The molecule has 12 aromatic carbocycles. The lowest BCUT2D eigenvalue weighted by Gasteiger charge is -2.29. The topological polar surface area (TPSA) is 8.17 Å². The molecule has 0 N–H and O–H groups in total. The molecule has 0 bridgehead atoms. The summed E-state index contributed by atoms with van der Waals surface area (Å²) in [4.78, 5) is 2.42. The normalized spacial score (nSPS) is 11.5. The van der Waals surface area contributed by atoms with E-state index in [0.717, 1.165) is 45.0 Å². The van der Waals surface area contributed by atoms with Gasteiger partial charge in [-0.2, -0.15) is 0 Å². The first kappa shape index (κ1) is 39.4. The highest BCUT2D eigenvalue weighted by molar-refractivity contribution is 6.09. The van der Waals surface area contributed by atoms with Gasteiger partial charge in [0.15, 0.2) is 0 Å². The third-order valence-corrected chi connectivity index (χ3v) is 13.7. The van der Waals surface area contributed by atoms with Gasteiger partial charge in [0.05, 0.1) is 16.7 Å². The molecule has 2 heteroatoms. The predicted octanol–water partition coefficient (Wildman–Crippen LogP) is 18.4. The maximum atomic E-state index is 2.42. The standard InChI is InChI=1S/C66H44N2/c1-2-14-47(15-3-1)63-44-54(51-20-12-21-58(43-51)68-64-26-10-8-23-61(64)62-24-9-11-27-65(62)68)34-39-66(63)67(57-37-32-48(33-38-57)60-25-13-19-46-16-6-7-22-59(46)60)56-35-30-45(31-36-56)52-28-29-53-40-49-17-4-5-18-50(49)41-55(53)42-52/h1-44H. The van der Waals surface area contributed by atoms with Gasteiger partial charge in [0.25, 0.3) is 0 Å². The highest BCUT2D eigenvalue weighted by atomic mass is 15.1. The Bertz CT molecular complexity index is 3950. The minimum atomic E-state index is 1.08. The number of benzene rings is 12. The van der Waals surface area contributed by atoms with Gasteiger partial charge in [-0.05, 0) is 150 Å². The van der Waals surface area contributed by atoms with Crippen molar-refractivity contribution in [1.82, 2.24) is 4.57 Å². The second kappa shape index (κ2) is 16.5. The number of hydrogen-bond acceptors (Lipinski definition) is 1. The van der Waals surface area contributed by atoms with E-state index in [1.807, 2.05) is 0 Å². The Morgan fingerprint density at radius 2 is 0.735 bits per heavy atom. The van der Waals surface area contributed by atoms with Crippen LogP contribution < -0.4 is 4.90 Å². The van der Waals surface area contributed by atoms with E-state index in [4.69, 9.17) is 0 Å². The molecule has 1 aromatic heterocycles. The molecule has 0 aliphatic rings. The molecule has 0 unspecified atom stereocenters. The summed E-state index contributed by atoms with van der Waals surface area (Å²) in [5, 5.41) is 10.0. The van der Waals surface area contributed by atoms with Gasteiger partial charge in [-0.1, -0.05) is 188 Å². The summed E-state index contributed by atoms with van der Waals surface area (Å²) < 4.78 is 2.40. The predicted molar refractivity (Wildman–Crippen MR) is 290 cm³/mol. The average molecular weight is 865 g/mol. The summed E-state index contributed by atoms with van der Waals surface area (Å²) in [5.74, 6) is 0. The minimum absolute atomic E-state index is 1.08. The fourth-order valence-electron chi connectivity index (χ4n) is 10.4. The molecular formula is C66H44N2. The largest absolute Gasteiger partial charge is 0.310 e. The van der Waals surface area contributed by atoms with Crippen molar-refractivity contribution in [2.45, 2.75) is 0 Å². The number of hydrogen-bond donors (Lipinski definition) is 0. The summed E-state index contributed by atoms with van der Waals surface area (Å²) in [6.07, 6.45) is 0. The molecule has 0 spiro atoms. The fourth-order valence-corrected chi connectivity index (χ4v) is 10.4. The molecule has 68 heavy (non-hydrogen) atoms. The Labute approximate surface area is 395 Å². The number of rotatable bonds is 8. The number of para-hydroxylation sites is 2. The number of aromatic nitrogens is 1. The zero-order chi connectivity index (χ0) is 45.0. The number of anilines is 3. The van der Waals surface area contributed by atoms with Crippen molar-refractivity contribution in [3.05, 3.63) is 267 Å². The van der Waals surface area contributed by atoms with Crippen molar-refractivity contribution in [2.75, 3.05) is 4.90 Å². The highest BCUT2D eigenvalue weighted by Crippen LogP contribution is 2.44. The summed E-state index contributed by atoms with van der Waals surface area (Å²) in [5.41, 5.74) is 16.2. The van der Waals surface area contributed by atoms with Crippen LogP contribution in [-0.2, 0) is 0 Å². The Morgan fingerprint density at radius 1 is 0.250 bits per heavy atom. The van der Waals surface area contributed by atoms with Crippen LogP contribution in [0.15, 0.2) is 267 Å². The number of nitrogens with zero attached hydrogens (tertiary/aromatic N) is 2. The van der Waals surface area contributed by atoms with Crippen molar-refractivity contribution >= 4 is 71.2 Å². The smallest absolute Gasteiger partial charge is 0.0541 e. The van der Waals surface area contributed by atoms with E-state index in [2.05, 4.69) is 276 Å². The summed E-state index contributed by atoms with van der Waals surface area (Å²) >= 11 is 0. The molecule has 1 heterocycles. The van der Waals surface area contributed by atoms with E-state index >= 15 is 0 Å². The Hall–Kier alpha value is -8.98. The average Bonchev–Trinajstić information content (AvgIpc) is 3.75. The quantitative estimate of drug-likeness (QED) is 0.138. The summed E-state index contributed by atoms with van der Waals surface area (Å²) in [6.45, 7) is 0. The lowest BCUT2D eigenvalue weighted by molar-refractivity contribution is 1.18. The molecule has 0 saturated heterocycles. The first-order valence-corrected chi connectivity index (χ1v) is 23.4. The van der Waals surface area contributed by atoms with Crippen molar-refractivity contribution in [2.24, 2.45) is 0 Å². The van der Waals surface area contributed by atoms with Crippen LogP contribution in [0, 0.1) is 0 Å². The van der Waals surface area contributed by atoms with Crippen molar-refractivity contribution in [1.29, 1.82) is 0 Å². The molecule has 0 aliphatic carbocycles. The van der Waals surface area contributed by atoms with E-state index in [1.54, 1.807) is 0 Å². The minimum Gasteiger partial charge on any atom is -0.310 e. The third-order valence-electron chi connectivity index (χ3n) is 13.7. The van der Waals surface area contributed by atoms with Crippen LogP contribution in [0.5, 0.6) is 0 Å². The van der Waals surface area contributed by atoms with Crippen molar-refractivity contribution in [3.63, 3.8) is 0 Å². The van der Waals surface area contributed by atoms with Crippen molar-refractivity contribution in [3.8, 4) is 50.2 Å². The maximum absolute atomic E-state index is 2.42. The Morgan fingerprint density at radius 3 is 1.46 bits per heavy atom. The SMILES string of the molecule is c1ccc(-c2cc(-c3cccc(-n4c5ccccc5c5ccccc54)c3)ccc2N(c2ccc(-c3ccc4cc5ccccc5cc4c3)cc2)c2ccc(-c3cccc4ccccc34)cc2)cc1. The van der Waals surface area contributed by atoms with Gasteiger partial charge in [-0.3, -0.25) is 0 Å². The zero-order valence-corrected chi connectivity index (χ0v) is 37.3. The first-order chi connectivity index (χ1) is 33.7.